The molecular formula is C114H121Cl5N14O15. The Balaban J connectivity index is 0.000000142. The molecule has 6 aliphatic heterocycles. The van der Waals surface area contributed by atoms with Crippen molar-refractivity contribution >= 4 is 173 Å². The monoisotopic (exact) mass is 2100 g/mol. The number of hydrogen-bond donors (Lipinski definition) is 3. The van der Waals surface area contributed by atoms with Gasteiger partial charge in [-0.25, -0.2) is 29.7 Å². The lowest BCUT2D eigenvalue weighted by molar-refractivity contribution is -0.151. The summed E-state index contributed by atoms with van der Waals surface area (Å²) < 4.78 is 21.0. The molecule has 148 heavy (non-hydrogen) atoms. The van der Waals surface area contributed by atoms with Crippen LogP contribution in [0, 0.1) is 29.6 Å². The molecule has 5 amide bonds. The molecule has 772 valence electrons. The molecule has 20 rings (SSSR count). The number of amides is 5. The van der Waals surface area contributed by atoms with Gasteiger partial charge < -0.3 is 63.0 Å². The number of carboxylic acids is 2. The summed E-state index contributed by atoms with van der Waals surface area (Å²) in [5, 5.41) is 23.6. The molecule has 9 aromatic carbocycles. The number of ether oxygens (including phenoxy) is 3. The minimum atomic E-state index is -0.925. The van der Waals surface area contributed by atoms with Crippen LogP contribution in [0.2, 0.25) is 20.1 Å². The molecule has 4 aromatic heterocycles. The Morgan fingerprint density at radius 1 is 0.351 bits per heavy atom. The third-order valence-electron chi connectivity index (χ3n) is 26.8. The van der Waals surface area contributed by atoms with E-state index in [-0.39, 0.29) is 82.7 Å². The highest BCUT2D eigenvalue weighted by molar-refractivity contribution is 6.41. The van der Waals surface area contributed by atoms with Gasteiger partial charge in [0, 0.05) is 136 Å². The number of halogens is 5. The molecule has 3 N–H and O–H groups in total. The Morgan fingerprint density at radius 2 is 0.669 bits per heavy atom. The third-order valence-corrected chi connectivity index (χ3v) is 28.2. The first-order valence-corrected chi connectivity index (χ1v) is 52.4. The van der Waals surface area contributed by atoms with Crippen molar-refractivity contribution in [1.82, 2.24) is 58.6 Å². The quantitative estimate of drug-likeness (QED) is 0.0304. The average Bonchev–Trinajstić information content (AvgIpc) is 1.64. The van der Waals surface area contributed by atoms with Crippen LogP contribution in [0.4, 0.5) is 11.4 Å². The zero-order valence-corrected chi connectivity index (χ0v) is 86.8. The Labute approximate surface area is 885 Å². The lowest BCUT2D eigenvalue weighted by Gasteiger charge is -2.31. The number of nitrogens with one attached hydrogen (secondary N) is 1. The molecule has 5 fully saturated rings. The highest BCUT2D eigenvalue weighted by Crippen LogP contribution is 2.34. The molecule has 1 aliphatic carbocycles. The number of piperidine rings is 4. The van der Waals surface area contributed by atoms with Gasteiger partial charge in [0.25, 0.3) is 23.6 Å². The van der Waals surface area contributed by atoms with Crippen molar-refractivity contribution in [3.63, 3.8) is 0 Å². The summed E-state index contributed by atoms with van der Waals surface area (Å²) in [5.74, 6) is -0.999. The number of hydrogen-bond acceptors (Lipinski definition) is 19. The smallest absolute Gasteiger partial charge is 0.350 e. The molecule has 0 radical (unpaired) electrons. The van der Waals surface area contributed by atoms with Gasteiger partial charge >= 0.3 is 29.8 Å². The molecule has 0 spiro atoms. The van der Waals surface area contributed by atoms with Gasteiger partial charge in [-0.1, -0.05) is 187 Å². The minimum Gasteiger partial charge on any atom is -0.481 e. The van der Waals surface area contributed by atoms with E-state index in [0.717, 1.165) is 108 Å². The number of benzene rings is 9. The van der Waals surface area contributed by atoms with Gasteiger partial charge in [0.2, 0.25) is 23.4 Å². The number of likely N-dealkylation sites (tertiary alicyclic amines) is 4. The van der Waals surface area contributed by atoms with Crippen molar-refractivity contribution in [2.24, 2.45) is 39.6 Å². The van der Waals surface area contributed by atoms with Gasteiger partial charge in [-0.15, -0.1) is 11.6 Å². The molecule has 0 atom stereocenters. The summed E-state index contributed by atoms with van der Waals surface area (Å²) in [4.78, 5) is 155. The Morgan fingerprint density at radius 3 is 1.02 bits per heavy atom. The fourth-order valence-electron chi connectivity index (χ4n) is 18.7. The summed E-state index contributed by atoms with van der Waals surface area (Å²) in [6.07, 6.45) is 15.9. The lowest BCUT2D eigenvalue weighted by Crippen LogP contribution is -2.44. The first-order valence-electron chi connectivity index (χ1n) is 50.3. The van der Waals surface area contributed by atoms with Gasteiger partial charge in [-0.05, 0) is 240 Å². The SMILES string of the molecule is CCOC(=O)C1CCCCC1.CCOC(=O)C1CCN(C(=O)C2=Nc3ccccc3C2)CC1.CCOC(=O)C1CCN(C(=O)c2nc3ccccc3n2Cc2ccc(Cl)cc2)CC1.ClCc1ccc(Cl)cc1.O=C(NCCc1ccncc1)C1CCN(C(=O)c2nc3ccccc3n2Cc2ccc(Cl)cc2)CC1.O=C(O)C1=Nc2ccccc2C1.O=C(O)C1CCN(C(=O)c2nc3ccccc3n2Cc2ccc(Cl)cc2)CC1. The topological polar surface area (TPSA) is 355 Å². The molecule has 10 heterocycles. The first-order chi connectivity index (χ1) is 71.8. The largest absolute Gasteiger partial charge is 0.481 e. The molecule has 34 heteroatoms. The first kappa shape index (κ1) is 110. The molecule has 4 saturated heterocycles. The number of esters is 3. The third kappa shape index (κ3) is 30.2. The molecule has 0 unspecified atom stereocenters. The maximum absolute atomic E-state index is 13.6. The minimum absolute atomic E-state index is 0.00138. The summed E-state index contributed by atoms with van der Waals surface area (Å²) in [6, 6.07) is 72.7. The summed E-state index contributed by atoms with van der Waals surface area (Å²) in [6.45, 7) is 13.1. The molecule has 0 bridgehead atoms. The number of aromatic nitrogens is 7. The van der Waals surface area contributed by atoms with E-state index >= 15 is 0 Å². The number of imidazole rings is 3. The zero-order valence-electron chi connectivity index (χ0n) is 83.0. The van der Waals surface area contributed by atoms with Gasteiger partial charge in [-0.3, -0.25) is 48.1 Å². The van der Waals surface area contributed by atoms with Crippen LogP contribution < -0.4 is 5.32 Å². The van der Waals surface area contributed by atoms with E-state index in [1.165, 1.54) is 19.3 Å². The van der Waals surface area contributed by atoms with Crippen LogP contribution in [0.25, 0.3) is 33.1 Å². The fourth-order valence-corrected chi connectivity index (χ4v) is 19.3. The van der Waals surface area contributed by atoms with Gasteiger partial charge in [-0.2, -0.15) is 0 Å². The molecule has 29 nitrogen and oxygen atoms in total. The van der Waals surface area contributed by atoms with E-state index < -0.39 is 11.9 Å². The number of carbonyl (C=O) groups is 10. The van der Waals surface area contributed by atoms with E-state index in [1.54, 1.807) is 27.1 Å². The van der Waals surface area contributed by atoms with Crippen molar-refractivity contribution in [2.75, 3.05) is 78.7 Å². The maximum atomic E-state index is 13.6. The van der Waals surface area contributed by atoms with E-state index in [0.29, 0.717) is 207 Å². The number of aliphatic carboxylic acids is 2. The Bertz CT molecular complexity index is 6800. The second-order valence-corrected chi connectivity index (χ2v) is 38.8. The van der Waals surface area contributed by atoms with Crippen LogP contribution in [0.3, 0.4) is 0 Å². The summed E-state index contributed by atoms with van der Waals surface area (Å²) >= 11 is 29.2. The predicted octanol–water partition coefficient (Wildman–Crippen LogP) is 20.9. The van der Waals surface area contributed by atoms with Crippen molar-refractivity contribution in [1.29, 1.82) is 0 Å². The van der Waals surface area contributed by atoms with E-state index in [2.05, 4.69) is 35.2 Å². The number of aliphatic imine (C=N–C) groups is 2. The van der Waals surface area contributed by atoms with Gasteiger partial charge in [0.15, 0.2) is 0 Å². The van der Waals surface area contributed by atoms with Crippen molar-refractivity contribution < 1.29 is 72.4 Å². The number of nitrogens with zero attached hydrogens (tertiary/aromatic N) is 13. The maximum Gasteiger partial charge on any atom is 0.350 e. The highest BCUT2D eigenvalue weighted by atomic mass is 35.5. The molecule has 13 aromatic rings. The van der Waals surface area contributed by atoms with Crippen molar-refractivity contribution in [2.45, 2.75) is 149 Å². The van der Waals surface area contributed by atoms with Crippen LogP contribution >= 0.6 is 58.0 Å². The number of pyridine rings is 1. The zero-order chi connectivity index (χ0) is 105. The second kappa shape index (κ2) is 54.6. The van der Waals surface area contributed by atoms with Crippen LogP contribution in [-0.2, 0) is 92.5 Å². The number of rotatable bonds is 23. The van der Waals surface area contributed by atoms with Crippen LogP contribution in [0.1, 0.15) is 175 Å². The molecule has 1 saturated carbocycles. The van der Waals surface area contributed by atoms with Crippen LogP contribution in [0.15, 0.2) is 253 Å². The molecular weight excluding hydrogens is 1980 g/mol. The second-order valence-electron chi connectivity index (χ2n) is 36.8. The molecule has 7 aliphatic rings. The van der Waals surface area contributed by atoms with E-state index in [4.69, 9.17) is 77.3 Å². The normalized spacial score (nSPS) is 15.1. The van der Waals surface area contributed by atoms with Crippen LogP contribution in [-0.4, -0.2) is 213 Å². The summed E-state index contributed by atoms with van der Waals surface area (Å²) in [5.41, 5.74) is 15.0. The van der Waals surface area contributed by atoms with Gasteiger partial charge in [0.1, 0.15) is 11.4 Å². The van der Waals surface area contributed by atoms with Crippen LogP contribution in [0.5, 0.6) is 0 Å². The fraction of sp³-hybridized carbons (Fsp3) is 0.351. The van der Waals surface area contributed by atoms with E-state index in [1.807, 2.05) is 270 Å². The number of carbonyl (C=O) groups excluding carboxylic acids is 8. The average molecular weight is 2100 g/mol. The highest BCUT2D eigenvalue weighted by Gasteiger charge is 2.37. The van der Waals surface area contributed by atoms with Crippen molar-refractivity contribution in [3.8, 4) is 0 Å². The number of alkyl halides is 1. The Kier molecular flexibility index (Phi) is 40.5. The van der Waals surface area contributed by atoms with Crippen molar-refractivity contribution in [3.05, 3.63) is 319 Å². The number of para-hydroxylation sites is 8. The summed E-state index contributed by atoms with van der Waals surface area (Å²) in [7, 11) is 0. The Hall–Kier alpha value is -14.0. The number of fused-ring (bicyclic) bond motifs is 5. The lowest BCUT2D eigenvalue weighted by atomic mass is 9.89. The van der Waals surface area contributed by atoms with E-state index in [9.17, 15) is 53.1 Å². The standard InChI is InChI=1S/C28H28ClN5O2.C23H24ClN3O3.C21H20ClN3O3.C17H20N2O3.C9H7NO2.C9H16O2.C7H6Cl2/c29-23-7-5-21(6-8-23)19-34-25-4-2-1-3-24(25)32-26(34)28(36)33-17-12-22(13-18-33)27(35)31-16-11-20-9-14-30-15-10-20;1-2-30-23(29)17-11-13-26(14-12-17)22(28)21-25-19-5-3-4-6-20(19)27(21)15-16-7-9-18(24)10-8-16;22-16-7-5-14(6-8-16)13-25-18-4-2-1-3-17(18)23-19(25)20(26)24-11-9-15(10-12-24)21(27)28;1-2-22-17(21)12-7-9-19(10-8-12)16(20)15-11-13-5-3-4-6-14(13)18-15;11-9(12)8-5-6-3-1-2-4-7(6)10-8;1-2-11-9(10)8-6-4-3-5-7-8;8-5-6-1-3-7(9)4-2-6/h1-10,14-15,22H,11-13,16-19H2,(H,31,35);3-10,17H,2,11-15H2,1H3;1-8,15H,9-13H2,(H,27,28);3-6,12H,2,7-11H2,1H3;1-4H,5H2,(H,11,12);8H,2-7H2,1H3;1-4H,5H2. The predicted molar refractivity (Wildman–Crippen MR) is 574 cm³/mol. The number of carboxylic acid groups (broad SMARTS) is 2. The van der Waals surface area contributed by atoms with Gasteiger partial charge in [0.05, 0.1) is 88.0 Å².